The molecule has 1 heterocycles. The molecule has 5 saturated carbocycles. The number of carbonyl (C=O) groups excluding carboxylic acids is 2. The van der Waals surface area contributed by atoms with E-state index in [1.54, 1.807) is 0 Å². The van der Waals surface area contributed by atoms with Crippen LogP contribution in [-0.2, 0) is 23.8 Å². The van der Waals surface area contributed by atoms with E-state index < -0.39 is 17.3 Å². The van der Waals surface area contributed by atoms with Crippen LogP contribution in [-0.4, -0.2) is 48.6 Å². The molecule has 6 heteroatoms. The number of hydrogen-bond donors (Lipinski definition) is 1. The van der Waals surface area contributed by atoms with Gasteiger partial charge in [0.25, 0.3) is 0 Å². The first kappa shape index (κ1) is 14.1. The van der Waals surface area contributed by atoms with E-state index in [-0.39, 0.29) is 45.9 Å². The molecule has 0 aromatic rings. The van der Waals surface area contributed by atoms with Crippen molar-refractivity contribution in [3.05, 3.63) is 0 Å². The molecule has 0 bridgehead atoms. The van der Waals surface area contributed by atoms with E-state index in [0.717, 1.165) is 0 Å². The Labute approximate surface area is 139 Å². The lowest BCUT2D eigenvalue weighted by Gasteiger charge is -2.63. The zero-order valence-electron chi connectivity index (χ0n) is 14.3. The van der Waals surface area contributed by atoms with Crippen LogP contribution in [0.3, 0.4) is 0 Å². The number of aliphatic hydroxyl groups excluding tert-OH is 1. The summed E-state index contributed by atoms with van der Waals surface area (Å²) in [5, 5.41) is 10.7. The third-order valence-electron chi connectivity index (χ3n) is 9.50. The van der Waals surface area contributed by atoms with Gasteiger partial charge in [-0.25, -0.2) is 4.79 Å². The molecule has 10 unspecified atom stereocenters. The van der Waals surface area contributed by atoms with E-state index in [4.69, 9.17) is 14.2 Å². The van der Waals surface area contributed by atoms with Gasteiger partial charge >= 0.3 is 11.9 Å². The number of fused-ring (bicyclic) bond motifs is 1. The van der Waals surface area contributed by atoms with Crippen molar-refractivity contribution in [2.24, 2.45) is 39.9 Å². The summed E-state index contributed by atoms with van der Waals surface area (Å²) in [6.07, 6.45) is 0.528. The first-order chi connectivity index (χ1) is 11.2. The van der Waals surface area contributed by atoms with Crippen molar-refractivity contribution in [1.29, 1.82) is 0 Å². The minimum absolute atomic E-state index is 0.0383. The molecule has 6 nitrogen and oxygen atoms in total. The van der Waals surface area contributed by atoms with Crippen molar-refractivity contribution in [1.82, 2.24) is 0 Å². The van der Waals surface area contributed by atoms with Gasteiger partial charge < -0.3 is 19.3 Å². The number of hydrogen-bond acceptors (Lipinski definition) is 6. The van der Waals surface area contributed by atoms with Crippen molar-refractivity contribution in [2.75, 3.05) is 14.2 Å². The minimum Gasteiger partial charge on any atom is -0.469 e. The van der Waals surface area contributed by atoms with Crippen LogP contribution >= 0.6 is 0 Å². The van der Waals surface area contributed by atoms with Crippen LogP contribution in [0.15, 0.2) is 0 Å². The lowest BCUT2D eigenvalue weighted by molar-refractivity contribution is -0.249. The normalized spacial score (nSPS) is 68.0. The SMILES string of the molecule is COC(=O)CC1C2C13C1C(O)C14OC1(C(=O)OC)CC2(C)C1(C)C43. The number of carbonyl (C=O) groups is 2. The summed E-state index contributed by atoms with van der Waals surface area (Å²) in [4.78, 5) is 24.5. The van der Waals surface area contributed by atoms with Gasteiger partial charge in [0, 0.05) is 23.7 Å². The zero-order chi connectivity index (χ0) is 17.1. The molecule has 1 aliphatic heterocycles. The van der Waals surface area contributed by atoms with Crippen molar-refractivity contribution in [3.63, 3.8) is 0 Å². The Kier molecular flexibility index (Phi) is 1.85. The van der Waals surface area contributed by atoms with Crippen LogP contribution < -0.4 is 0 Å². The largest absolute Gasteiger partial charge is 0.469 e. The maximum absolute atomic E-state index is 12.6. The predicted octanol–water partition coefficient (Wildman–Crippen LogP) is 0.513. The van der Waals surface area contributed by atoms with Gasteiger partial charge in [0.15, 0.2) is 5.60 Å². The molecule has 10 atom stereocenters. The van der Waals surface area contributed by atoms with Gasteiger partial charge in [-0.05, 0) is 29.1 Å². The third kappa shape index (κ3) is 0.809. The molecule has 2 spiro atoms. The summed E-state index contributed by atoms with van der Waals surface area (Å²) in [6.45, 7) is 4.39. The zero-order valence-corrected chi connectivity index (χ0v) is 14.3. The number of aliphatic hydroxyl groups is 1. The lowest BCUT2D eigenvalue weighted by Crippen LogP contribution is -2.70. The average Bonchev–Trinajstić information content (AvgIpc) is 3.29. The maximum atomic E-state index is 12.6. The topological polar surface area (TPSA) is 82.1 Å². The molecule has 1 saturated heterocycles. The molecule has 5 aliphatic carbocycles. The van der Waals surface area contributed by atoms with E-state index >= 15 is 0 Å². The van der Waals surface area contributed by atoms with Crippen molar-refractivity contribution >= 4 is 11.9 Å². The third-order valence-corrected chi connectivity index (χ3v) is 9.50. The van der Waals surface area contributed by atoms with E-state index in [1.165, 1.54) is 14.2 Å². The highest BCUT2D eigenvalue weighted by atomic mass is 16.6. The minimum atomic E-state index is -0.913. The fraction of sp³-hybridized carbons (Fsp3) is 0.889. The molecule has 0 aromatic heterocycles. The summed E-state index contributed by atoms with van der Waals surface area (Å²) in [5.41, 5.74) is -1.87. The van der Waals surface area contributed by atoms with Gasteiger partial charge in [-0.3, -0.25) is 4.79 Å². The molecule has 6 aliphatic rings. The molecule has 0 aromatic carbocycles. The van der Waals surface area contributed by atoms with Crippen LogP contribution in [0.5, 0.6) is 0 Å². The Balaban J connectivity index is 1.49. The summed E-state index contributed by atoms with van der Waals surface area (Å²) >= 11 is 0. The van der Waals surface area contributed by atoms with Gasteiger partial charge in [-0.15, -0.1) is 0 Å². The molecular formula is C18H22O6. The fourth-order valence-corrected chi connectivity index (χ4v) is 9.03. The summed E-state index contributed by atoms with van der Waals surface area (Å²) < 4.78 is 16.4. The lowest BCUT2D eigenvalue weighted by atomic mass is 9.39. The smallest absolute Gasteiger partial charge is 0.338 e. The number of ether oxygens (including phenoxy) is 3. The first-order valence-electron chi connectivity index (χ1n) is 8.78. The molecule has 6 rings (SSSR count). The van der Waals surface area contributed by atoms with Crippen molar-refractivity contribution < 1.29 is 28.9 Å². The second kappa shape index (κ2) is 3.16. The van der Waals surface area contributed by atoms with Crippen LogP contribution in [0.25, 0.3) is 0 Å². The Morgan fingerprint density at radius 1 is 1.21 bits per heavy atom. The molecule has 6 fully saturated rings. The number of methoxy groups -OCH3 is 2. The van der Waals surface area contributed by atoms with Crippen LogP contribution in [0, 0.1) is 39.9 Å². The van der Waals surface area contributed by atoms with Crippen molar-refractivity contribution in [3.8, 4) is 0 Å². The molecule has 130 valence electrons. The second-order valence-electron chi connectivity index (χ2n) is 9.29. The Morgan fingerprint density at radius 2 is 1.92 bits per heavy atom. The van der Waals surface area contributed by atoms with Crippen LogP contribution in [0.1, 0.15) is 26.7 Å². The number of rotatable bonds is 3. The van der Waals surface area contributed by atoms with E-state index in [1.807, 2.05) is 0 Å². The van der Waals surface area contributed by atoms with Crippen LogP contribution in [0.2, 0.25) is 0 Å². The Morgan fingerprint density at radius 3 is 2.54 bits per heavy atom. The predicted molar refractivity (Wildman–Crippen MR) is 78.4 cm³/mol. The second-order valence-corrected chi connectivity index (χ2v) is 9.29. The van der Waals surface area contributed by atoms with E-state index in [2.05, 4.69) is 13.8 Å². The average molecular weight is 334 g/mol. The standard InChI is InChI=1S/C18H22O6/c1-14-6-16(13(21)23-4)15(14,2)12-17(10-11(20)18(10,12)24-16)7(9(14)17)5-8(19)22-3/h7,9-12,20H,5-6H2,1-4H3. The molecule has 0 amide bonds. The number of esters is 2. The Bertz CT molecular complexity index is 750. The molecule has 1 N–H and O–H groups in total. The quantitative estimate of drug-likeness (QED) is 0.758. The monoisotopic (exact) mass is 334 g/mol. The Hall–Kier alpha value is -1.14. The summed E-state index contributed by atoms with van der Waals surface area (Å²) in [7, 11) is 2.83. The van der Waals surface area contributed by atoms with E-state index in [0.29, 0.717) is 18.8 Å². The van der Waals surface area contributed by atoms with Gasteiger partial charge in [0.05, 0.1) is 20.3 Å². The maximum Gasteiger partial charge on any atom is 0.338 e. The molecular weight excluding hydrogens is 312 g/mol. The van der Waals surface area contributed by atoms with Gasteiger partial charge in [0.2, 0.25) is 0 Å². The van der Waals surface area contributed by atoms with Gasteiger partial charge in [0.1, 0.15) is 5.60 Å². The summed E-state index contributed by atoms with van der Waals surface area (Å²) in [6, 6.07) is 0. The highest BCUT2D eigenvalue weighted by Gasteiger charge is 3.13. The van der Waals surface area contributed by atoms with E-state index in [9.17, 15) is 14.7 Å². The highest BCUT2D eigenvalue weighted by Crippen LogP contribution is 3.07. The van der Waals surface area contributed by atoms with Crippen LogP contribution in [0.4, 0.5) is 0 Å². The molecule has 0 radical (unpaired) electrons. The van der Waals surface area contributed by atoms with Gasteiger partial charge in [-0.2, -0.15) is 0 Å². The van der Waals surface area contributed by atoms with Gasteiger partial charge in [-0.1, -0.05) is 13.8 Å². The molecule has 24 heavy (non-hydrogen) atoms. The first-order valence-corrected chi connectivity index (χ1v) is 8.78. The summed E-state index contributed by atoms with van der Waals surface area (Å²) in [5.74, 6) is 0.360. The van der Waals surface area contributed by atoms with Crippen molar-refractivity contribution in [2.45, 2.75) is 44.0 Å². The highest BCUT2D eigenvalue weighted by molar-refractivity contribution is 5.86. The fourth-order valence-electron chi connectivity index (χ4n) is 9.03.